The smallest absolute Gasteiger partial charge is 0.191 e. The predicted octanol–water partition coefficient (Wildman–Crippen LogP) is 2.82. The van der Waals surface area contributed by atoms with Gasteiger partial charge < -0.3 is 10.6 Å². The van der Waals surface area contributed by atoms with Crippen LogP contribution in [0.5, 0.6) is 0 Å². The number of hydrogen-bond acceptors (Lipinski definition) is 2. The molecule has 0 aromatic heterocycles. The summed E-state index contributed by atoms with van der Waals surface area (Å²) in [5.74, 6) is 2.93. The van der Waals surface area contributed by atoms with E-state index in [0.717, 1.165) is 35.2 Å². The summed E-state index contributed by atoms with van der Waals surface area (Å²) in [6.45, 7) is 2.62. The summed E-state index contributed by atoms with van der Waals surface area (Å²) in [7, 11) is 0. The molecule has 1 aromatic rings. The molecule has 1 fully saturated rings. The number of halogens is 2. The number of guanidine groups is 1. The van der Waals surface area contributed by atoms with Gasteiger partial charge in [-0.2, -0.15) is 11.8 Å². The van der Waals surface area contributed by atoms with Crippen LogP contribution in [0.15, 0.2) is 29.3 Å². The lowest BCUT2D eigenvalue weighted by Gasteiger charge is -2.27. The lowest BCUT2D eigenvalue weighted by molar-refractivity contribution is 0.455. The van der Waals surface area contributed by atoms with Gasteiger partial charge in [0.05, 0.1) is 6.54 Å². The molecule has 0 saturated carbocycles. The fourth-order valence-corrected chi connectivity index (χ4v) is 2.68. The van der Waals surface area contributed by atoms with Crippen LogP contribution in [-0.2, 0) is 6.54 Å². The summed E-state index contributed by atoms with van der Waals surface area (Å²) in [6.07, 6.45) is 0. The summed E-state index contributed by atoms with van der Waals surface area (Å²) >= 11 is 7.79. The van der Waals surface area contributed by atoms with Gasteiger partial charge in [-0.05, 0) is 17.7 Å². The predicted molar refractivity (Wildman–Crippen MR) is 91.1 cm³/mol. The van der Waals surface area contributed by atoms with E-state index in [1.165, 1.54) is 0 Å². The van der Waals surface area contributed by atoms with E-state index in [4.69, 9.17) is 17.3 Å². The molecule has 1 aliphatic rings. The van der Waals surface area contributed by atoms with E-state index in [0.29, 0.717) is 12.5 Å². The Hall–Kier alpha value is -0.140. The lowest BCUT2D eigenvalue weighted by Crippen LogP contribution is -2.42. The van der Waals surface area contributed by atoms with Crippen molar-refractivity contribution in [1.29, 1.82) is 0 Å². The second kappa shape index (κ2) is 8.12. The van der Waals surface area contributed by atoms with Gasteiger partial charge in [0.25, 0.3) is 0 Å². The Labute approximate surface area is 134 Å². The molecular formula is C12H17ClIN3S. The molecule has 3 nitrogen and oxygen atoms in total. The highest BCUT2D eigenvalue weighted by Gasteiger charge is 2.11. The van der Waals surface area contributed by atoms with Crippen molar-refractivity contribution < 1.29 is 0 Å². The molecule has 1 aliphatic heterocycles. The molecule has 100 valence electrons. The highest BCUT2D eigenvalue weighted by Crippen LogP contribution is 2.11. The van der Waals surface area contributed by atoms with Gasteiger partial charge in [0.1, 0.15) is 0 Å². The van der Waals surface area contributed by atoms with Crippen LogP contribution in [0.25, 0.3) is 0 Å². The first-order valence-corrected chi connectivity index (χ1v) is 7.16. The molecule has 0 aliphatic carbocycles. The van der Waals surface area contributed by atoms with Crippen molar-refractivity contribution in [3.63, 3.8) is 0 Å². The van der Waals surface area contributed by atoms with Gasteiger partial charge in [0.15, 0.2) is 5.96 Å². The van der Waals surface area contributed by atoms with Crippen LogP contribution < -0.4 is 5.73 Å². The number of aliphatic imine (C=N–C) groups is 1. The first-order valence-electron chi connectivity index (χ1n) is 5.63. The maximum atomic E-state index is 5.97. The van der Waals surface area contributed by atoms with Gasteiger partial charge in [-0.3, -0.25) is 0 Å². The van der Waals surface area contributed by atoms with Gasteiger partial charge in [-0.25, -0.2) is 4.99 Å². The number of nitrogens with two attached hydrogens (primary N) is 1. The van der Waals surface area contributed by atoms with Crippen LogP contribution in [0.1, 0.15) is 5.56 Å². The third kappa shape index (κ3) is 4.85. The van der Waals surface area contributed by atoms with E-state index >= 15 is 0 Å². The zero-order chi connectivity index (χ0) is 12.1. The highest BCUT2D eigenvalue weighted by atomic mass is 127. The second-order valence-electron chi connectivity index (χ2n) is 3.90. The fourth-order valence-electron chi connectivity index (χ4n) is 1.65. The minimum absolute atomic E-state index is 0. The van der Waals surface area contributed by atoms with Crippen LogP contribution >= 0.6 is 47.3 Å². The number of benzene rings is 1. The van der Waals surface area contributed by atoms with E-state index < -0.39 is 0 Å². The van der Waals surface area contributed by atoms with Crippen molar-refractivity contribution in [2.75, 3.05) is 24.6 Å². The van der Waals surface area contributed by atoms with Gasteiger partial charge >= 0.3 is 0 Å². The first kappa shape index (κ1) is 15.9. The monoisotopic (exact) mass is 397 g/mol. The van der Waals surface area contributed by atoms with Crippen LogP contribution in [0.3, 0.4) is 0 Å². The SMILES string of the molecule is I.NC(=NCc1ccc(Cl)cc1)N1CCSCC1. The first-order chi connectivity index (χ1) is 8.25. The van der Waals surface area contributed by atoms with E-state index in [1.54, 1.807) is 0 Å². The molecular weight excluding hydrogens is 381 g/mol. The zero-order valence-corrected chi connectivity index (χ0v) is 13.9. The standard InChI is InChI=1S/C12H16ClN3S.HI/c13-11-3-1-10(2-4-11)9-15-12(14)16-5-7-17-8-6-16;/h1-4H,5-9H2,(H2,14,15);1H. The third-order valence-electron chi connectivity index (χ3n) is 2.67. The van der Waals surface area contributed by atoms with Crippen molar-refractivity contribution in [2.24, 2.45) is 10.7 Å². The van der Waals surface area contributed by atoms with Gasteiger partial charge in [-0.1, -0.05) is 23.7 Å². The van der Waals surface area contributed by atoms with Crippen molar-refractivity contribution in [2.45, 2.75) is 6.54 Å². The maximum Gasteiger partial charge on any atom is 0.191 e. The van der Waals surface area contributed by atoms with Crippen molar-refractivity contribution in [1.82, 2.24) is 4.90 Å². The van der Waals surface area contributed by atoms with Gasteiger partial charge in [-0.15, -0.1) is 24.0 Å². The Bertz CT molecular complexity index is 391. The maximum absolute atomic E-state index is 5.97. The molecule has 0 bridgehead atoms. The van der Waals surface area contributed by atoms with Gasteiger partial charge in [0, 0.05) is 29.6 Å². The molecule has 1 saturated heterocycles. The zero-order valence-electron chi connectivity index (χ0n) is 10.0. The van der Waals surface area contributed by atoms with E-state index in [2.05, 4.69) is 9.89 Å². The summed E-state index contributed by atoms with van der Waals surface area (Å²) in [6, 6.07) is 7.70. The van der Waals surface area contributed by atoms with Crippen LogP contribution in [0.2, 0.25) is 5.02 Å². The average molecular weight is 398 g/mol. The Morgan fingerprint density at radius 1 is 1.28 bits per heavy atom. The van der Waals surface area contributed by atoms with Crippen molar-refractivity contribution in [3.8, 4) is 0 Å². The molecule has 0 atom stereocenters. The number of rotatable bonds is 2. The van der Waals surface area contributed by atoms with Gasteiger partial charge in [0.2, 0.25) is 0 Å². The molecule has 0 amide bonds. The van der Waals surface area contributed by atoms with E-state index in [1.807, 2.05) is 36.0 Å². The van der Waals surface area contributed by atoms with E-state index in [-0.39, 0.29) is 24.0 Å². The molecule has 2 rings (SSSR count). The second-order valence-corrected chi connectivity index (χ2v) is 5.56. The Kier molecular flexibility index (Phi) is 7.18. The molecule has 0 radical (unpaired) electrons. The molecule has 1 aromatic carbocycles. The summed E-state index contributed by atoms with van der Waals surface area (Å²) < 4.78 is 0. The molecule has 2 N–H and O–H groups in total. The van der Waals surface area contributed by atoms with E-state index in [9.17, 15) is 0 Å². The van der Waals surface area contributed by atoms with Crippen LogP contribution in [-0.4, -0.2) is 35.5 Å². The quantitative estimate of drug-likeness (QED) is 0.474. The topological polar surface area (TPSA) is 41.6 Å². The van der Waals surface area contributed by atoms with Crippen molar-refractivity contribution in [3.05, 3.63) is 34.9 Å². The highest BCUT2D eigenvalue weighted by molar-refractivity contribution is 14.0. The molecule has 0 spiro atoms. The number of thioether (sulfide) groups is 1. The Morgan fingerprint density at radius 2 is 1.89 bits per heavy atom. The Morgan fingerprint density at radius 3 is 2.50 bits per heavy atom. The molecule has 6 heteroatoms. The normalized spacial score (nSPS) is 16.3. The summed E-state index contributed by atoms with van der Waals surface area (Å²) in [5.41, 5.74) is 7.10. The Balaban J connectivity index is 0.00000162. The number of nitrogens with zero attached hydrogens (tertiary/aromatic N) is 2. The summed E-state index contributed by atoms with van der Waals surface area (Å²) in [5, 5.41) is 0.749. The average Bonchev–Trinajstić information content (AvgIpc) is 2.39. The minimum atomic E-state index is 0. The van der Waals surface area contributed by atoms with Crippen LogP contribution in [0.4, 0.5) is 0 Å². The minimum Gasteiger partial charge on any atom is -0.370 e. The fraction of sp³-hybridized carbons (Fsp3) is 0.417. The lowest BCUT2D eigenvalue weighted by atomic mass is 10.2. The van der Waals surface area contributed by atoms with Crippen molar-refractivity contribution >= 4 is 53.3 Å². The molecule has 18 heavy (non-hydrogen) atoms. The summed E-state index contributed by atoms with van der Waals surface area (Å²) in [4.78, 5) is 6.56. The molecule has 0 unspecified atom stereocenters. The molecule has 1 heterocycles. The van der Waals surface area contributed by atoms with Crippen LogP contribution in [0, 0.1) is 0 Å². The third-order valence-corrected chi connectivity index (χ3v) is 3.87. The number of hydrogen-bond donors (Lipinski definition) is 1. The largest absolute Gasteiger partial charge is 0.370 e.